The van der Waals surface area contributed by atoms with Gasteiger partial charge in [-0.1, -0.05) is 6.07 Å². The van der Waals surface area contributed by atoms with Crippen molar-refractivity contribution in [3.8, 4) is 5.69 Å². The molecule has 0 aliphatic rings. The summed E-state index contributed by atoms with van der Waals surface area (Å²) < 4.78 is 1.13. The minimum atomic E-state index is -0.702. The molecule has 0 bridgehead atoms. The van der Waals surface area contributed by atoms with Gasteiger partial charge in [-0.25, -0.2) is 14.3 Å². The second kappa shape index (κ2) is 4.67. The number of nitro groups is 1. The number of hydrogen-bond donors (Lipinski definition) is 1. The van der Waals surface area contributed by atoms with Gasteiger partial charge in [0.2, 0.25) is 0 Å². The van der Waals surface area contributed by atoms with Crippen molar-refractivity contribution in [1.29, 1.82) is 0 Å². The quantitative estimate of drug-likeness (QED) is 0.557. The highest BCUT2D eigenvalue weighted by molar-refractivity contribution is 5.75. The zero-order valence-corrected chi connectivity index (χ0v) is 10.5. The smallest absolute Gasteiger partial charge is 0.273 e. The fourth-order valence-corrected chi connectivity index (χ4v) is 2.05. The van der Waals surface area contributed by atoms with Crippen LogP contribution in [0.4, 0.5) is 5.69 Å². The molecule has 0 aliphatic carbocycles. The van der Waals surface area contributed by atoms with Crippen LogP contribution >= 0.6 is 0 Å². The van der Waals surface area contributed by atoms with Gasteiger partial charge in [-0.05, 0) is 18.2 Å². The number of non-ortho nitro benzene ring substituents is 1. The maximum absolute atomic E-state index is 12.0. The molecule has 1 N–H and O–H groups in total. The molecule has 8 heteroatoms. The molecule has 3 aromatic rings. The number of nitrogens with one attached hydrogen (secondary N) is 1. The van der Waals surface area contributed by atoms with Crippen molar-refractivity contribution in [3.63, 3.8) is 0 Å². The van der Waals surface area contributed by atoms with Gasteiger partial charge in [0.25, 0.3) is 11.2 Å². The Balaban J connectivity index is 2.40. The topological polar surface area (TPSA) is 111 Å². The monoisotopic (exact) mass is 284 g/mol. The number of rotatable bonds is 2. The van der Waals surface area contributed by atoms with Crippen LogP contribution in [0.5, 0.6) is 0 Å². The summed E-state index contributed by atoms with van der Waals surface area (Å²) in [7, 11) is 0. The largest absolute Gasteiger partial charge is 0.334 e. The molecule has 0 unspecified atom stereocenters. The number of aromatic nitrogens is 3. The van der Waals surface area contributed by atoms with Crippen molar-refractivity contribution < 1.29 is 4.92 Å². The molecular weight excluding hydrogens is 276 g/mol. The van der Waals surface area contributed by atoms with E-state index in [4.69, 9.17) is 0 Å². The van der Waals surface area contributed by atoms with Gasteiger partial charge in [0.15, 0.2) is 5.65 Å². The Morgan fingerprint density at radius 1 is 1.19 bits per heavy atom. The summed E-state index contributed by atoms with van der Waals surface area (Å²) in [6, 6.07) is 8.64. The summed E-state index contributed by atoms with van der Waals surface area (Å²) in [4.78, 5) is 40.2. The van der Waals surface area contributed by atoms with Crippen LogP contribution in [-0.4, -0.2) is 19.5 Å². The van der Waals surface area contributed by atoms with Crippen molar-refractivity contribution in [1.82, 2.24) is 14.5 Å². The van der Waals surface area contributed by atoms with Crippen molar-refractivity contribution in [2.24, 2.45) is 0 Å². The van der Waals surface area contributed by atoms with E-state index < -0.39 is 16.2 Å². The molecule has 2 heterocycles. The average Bonchev–Trinajstić information content (AvgIpc) is 2.47. The van der Waals surface area contributed by atoms with Crippen LogP contribution in [0.1, 0.15) is 0 Å². The number of aromatic amines is 1. The molecule has 0 fully saturated rings. The minimum absolute atomic E-state index is 0.145. The van der Waals surface area contributed by atoms with Crippen LogP contribution < -0.4 is 11.2 Å². The predicted octanol–water partition coefficient (Wildman–Crippen LogP) is 0.982. The first-order valence-corrected chi connectivity index (χ1v) is 5.93. The summed E-state index contributed by atoms with van der Waals surface area (Å²) in [5.74, 6) is 0. The highest BCUT2D eigenvalue weighted by atomic mass is 16.6. The Bertz CT molecular complexity index is 974. The summed E-state index contributed by atoms with van der Waals surface area (Å²) in [6.45, 7) is 0. The van der Waals surface area contributed by atoms with E-state index in [1.54, 1.807) is 6.07 Å². The van der Waals surface area contributed by atoms with E-state index in [1.807, 2.05) is 0 Å². The fourth-order valence-electron chi connectivity index (χ4n) is 2.05. The van der Waals surface area contributed by atoms with Gasteiger partial charge >= 0.3 is 5.69 Å². The van der Waals surface area contributed by atoms with E-state index in [0.717, 1.165) is 4.57 Å². The van der Waals surface area contributed by atoms with E-state index in [0.29, 0.717) is 0 Å². The maximum Gasteiger partial charge on any atom is 0.334 e. The van der Waals surface area contributed by atoms with Crippen LogP contribution in [-0.2, 0) is 0 Å². The van der Waals surface area contributed by atoms with Gasteiger partial charge in [0.1, 0.15) is 0 Å². The Kier molecular flexibility index (Phi) is 2.83. The molecule has 0 spiro atoms. The van der Waals surface area contributed by atoms with Gasteiger partial charge in [-0.15, -0.1) is 0 Å². The normalized spacial score (nSPS) is 10.7. The van der Waals surface area contributed by atoms with Crippen molar-refractivity contribution in [2.75, 3.05) is 0 Å². The molecule has 21 heavy (non-hydrogen) atoms. The Morgan fingerprint density at radius 2 is 2.00 bits per heavy atom. The molecule has 2 aromatic heterocycles. The molecule has 0 amide bonds. The maximum atomic E-state index is 12.0. The van der Waals surface area contributed by atoms with Gasteiger partial charge in [-0.2, -0.15) is 0 Å². The molecule has 0 saturated carbocycles. The van der Waals surface area contributed by atoms with Crippen LogP contribution in [0, 0.1) is 10.1 Å². The van der Waals surface area contributed by atoms with Crippen molar-refractivity contribution >= 4 is 16.7 Å². The molecule has 1 aromatic carbocycles. The lowest BCUT2D eigenvalue weighted by Crippen LogP contribution is -2.29. The zero-order chi connectivity index (χ0) is 15.0. The molecule has 0 atom stereocenters. The number of nitro benzene ring substituents is 1. The second-order valence-electron chi connectivity index (χ2n) is 4.25. The third kappa shape index (κ3) is 2.08. The lowest BCUT2D eigenvalue weighted by Gasteiger charge is -2.07. The molecule has 3 rings (SSSR count). The third-order valence-corrected chi connectivity index (χ3v) is 2.97. The number of benzene rings is 1. The van der Waals surface area contributed by atoms with Gasteiger partial charge in [0, 0.05) is 18.3 Å². The number of nitrogens with zero attached hydrogens (tertiary/aromatic N) is 3. The highest BCUT2D eigenvalue weighted by Gasteiger charge is 2.13. The minimum Gasteiger partial charge on any atom is -0.273 e. The SMILES string of the molecule is O=c1[nH]c(=O)n(-c2cccc([N+](=O)[O-])c2)c2ncccc12. The number of H-pyrrole nitrogens is 1. The average molecular weight is 284 g/mol. The molecule has 8 nitrogen and oxygen atoms in total. The molecule has 104 valence electrons. The van der Waals surface area contributed by atoms with Crippen LogP contribution in [0.15, 0.2) is 52.2 Å². The standard InChI is InChI=1S/C13H8N4O4/c18-12-10-5-2-6-14-11(10)16(13(19)15-12)8-3-1-4-9(7-8)17(20)21/h1-7H,(H,15,18,19). The van der Waals surface area contributed by atoms with Crippen molar-refractivity contribution in [2.45, 2.75) is 0 Å². The third-order valence-electron chi connectivity index (χ3n) is 2.97. The van der Waals surface area contributed by atoms with Crippen molar-refractivity contribution in [3.05, 3.63) is 73.5 Å². The number of pyridine rings is 1. The summed E-state index contributed by atoms with van der Waals surface area (Å²) >= 11 is 0. The first-order chi connectivity index (χ1) is 10.1. The Hall–Kier alpha value is -3.29. The van der Waals surface area contributed by atoms with Crippen LogP contribution in [0.2, 0.25) is 0 Å². The Labute approximate surface area is 116 Å². The van der Waals surface area contributed by atoms with E-state index >= 15 is 0 Å². The molecule has 0 radical (unpaired) electrons. The highest BCUT2D eigenvalue weighted by Crippen LogP contribution is 2.17. The summed E-state index contributed by atoms with van der Waals surface area (Å²) in [5.41, 5.74) is -1.01. The van der Waals surface area contributed by atoms with E-state index in [2.05, 4.69) is 9.97 Å². The summed E-state index contributed by atoms with van der Waals surface area (Å²) in [5, 5.41) is 11.1. The van der Waals surface area contributed by atoms with Gasteiger partial charge in [0.05, 0.1) is 16.0 Å². The number of fused-ring (bicyclic) bond motifs is 1. The molecular formula is C13H8N4O4. The van der Waals surface area contributed by atoms with E-state index in [9.17, 15) is 19.7 Å². The van der Waals surface area contributed by atoms with E-state index in [-0.39, 0.29) is 22.4 Å². The van der Waals surface area contributed by atoms with Gasteiger partial charge < -0.3 is 0 Å². The van der Waals surface area contributed by atoms with E-state index in [1.165, 1.54) is 36.5 Å². The fraction of sp³-hybridized carbons (Fsp3) is 0. The number of hydrogen-bond acceptors (Lipinski definition) is 5. The van der Waals surface area contributed by atoms with Crippen LogP contribution in [0.3, 0.4) is 0 Å². The molecule has 0 saturated heterocycles. The first kappa shape index (κ1) is 12.7. The predicted molar refractivity (Wildman–Crippen MR) is 74.6 cm³/mol. The second-order valence-corrected chi connectivity index (χ2v) is 4.25. The van der Waals surface area contributed by atoms with Crippen LogP contribution in [0.25, 0.3) is 16.7 Å². The summed E-state index contributed by atoms with van der Waals surface area (Å²) in [6.07, 6.45) is 1.44. The molecule has 0 aliphatic heterocycles. The first-order valence-electron chi connectivity index (χ1n) is 5.93. The lowest BCUT2D eigenvalue weighted by molar-refractivity contribution is -0.384. The van der Waals surface area contributed by atoms with Gasteiger partial charge in [-0.3, -0.25) is 19.9 Å². The lowest BCUT2D eigenvalue weighted by atomic mass is 10.2. The zero-order valence-electron chi connectivity index (χ0n) is 10.5. The Morgan fingerprint density at radius 3 is 2.76 bits per heavy atom.